The molecule has 0 heterocycles. The molecule has 0 rings (SSSR count). The fraction of sp³-hybridized carbons (Fsp3) is 0.483. The summed E-state index contributed by atoms with van der Waals surface area (Å²) >= 11 is 0. The van der Waals surface area contributed by atoms with E-state index in [1.54, 1.807) is 0 Å². The van der Waals surface area contributed by atoms with E-state index in [0.717, 1.165) is 103 Å². The van der Waals surface area contributed by atoms with Crippen molar-refractivity contribution in [3.8, 4) is 0 Å². The number of ether oxygens (including phenoxy) is 3. The van der Waals surface area contributed by atoms with E-state index in [0.29, 0.717) is 19.3 Å². The molecule has 0 N–H and O–H groups in total. The third kappa shape index (κ3) is 49.8. The number of hydrogen-bond donors (Lipinski definition) is 0. The number of allylic oxidation sites excluding steroid dienone is 28. The molecule has 0 saturated heterocycles. The van der Waals surface area contributed by atoms with E-state index in [1.807, 2.05) is 66.8 Å². The summed E-state index contributed by atoms with van der Waals surface area (Å²) in [5.41, 5.74) is 0. The summed E-state index contributed by atoms with van der Waals surface area (Å²) in [6.45, 7) is 6.09. The molecule has 0 aromatic rings. The molecular formula is C60H88O6. The Hall–Kier alpha value is -5.23. The van der Waals surface area contributed by atoms with Crippen LogP contribution in [0.5, 0.6) is 0 Å². The average molecular weight is 905 g/mol. The van der Waals surface area contributed by atoms with Crippen LogP contribution in [0, 0.1) is 0 Å². The van der Waals surface area contributed by atoms with Gasteiger partial charge in [-0.25, -0.2) is 0 Å². The number of carbonyl (C=O) groups is 3. The predicted octanol–water partition coefficient (Wildman–Crippen LogP) is 16.8. The van der Waals surface area contributed by atoms with Crippen LogP contribution in [0.25, 0.3) is 0 Å². The zero-order chi connectivity index (χ0) is 47.9. The van der Waals surface area contributed by atoms with Crippen molar-refractivity contribution in [2.24, 2.45) is 0 Å². The molecule has 6 heteroatoms. The molecule has 0 radical (unpaired) electrons. The fourth-order valence-electron chi connectivity index (χ4n) is 5.92. The van der Waals surface area contributed by atoms with Crippen LogP contribution in [0.1, 0.15) is 168 Å². The zero-order valence-corrected chi connectivity index (χ0v) is 41.4. The molecular weight excluding hydrogens is 817 g/mol. The van der Waals surface area contributed by atoms with Gasteiger partial charge in [0.15, 0.2) is 6.10 Å². The number of esters is 3. The first-order chi connectivity index (χ1) is 32.5. The summed E-state index contributed by atoms with van der Waals surface area (Å²) in [6.07, 6.45) is 77.8. The quantitative estimate of drug-likeness (QED) is 0.0200. The molecule has 0 saturated carbocycles. The van der Waals surface area contributed by atoms with Gasteiger partial charge < -0.3 is 14.2 Å². The molecule has 0 spiro atoms. The number of hydrogen-bond acceptors (Lipinski definition) is 6. The van der Waals surface area contributed by atoms with Crippen LogP contribution in [-0.4, -0.2) is 37.2 Å². The highest BCUT2D eigenvalue weighted by molar-refractivity contribution is 5.71. The molecule has 66 heavy (non-hydrogen) atoms. The van der Waals surface area contributed by atoms with E-state index in [4.69, 9.17) is 14.2 Å². The summed E-state index contributed by atoms with van der Waals surface area (Å²) < 4.78 is 16.6. The maximum atomic E-state index is 12.8. The van der Waals surface area contributed by atoms with Crippen molar-refractivity contribution in [3.05, 3.63) is 170 Å². The Kier molecular flexibility index (Phi) is 48.2. The van der Waals surface area contributed by atoms with E-state index in [-0.39, 0.29) is 38.0 Å². The highest BCUT2D eigenvalue weighted by Gasteiger charge is 2.19. The van der Waals surface area contributed by atoms with Gasteiger partial charge in [-0.3, -0.25) is 14.4 Å². The van der Waals surface area contributed by atoms with Crippen LogP contribution in [-0.2, 0) is 28.6 Å². The van der Waals surface area contributed by atoms with Crippen LogP contribution in [0.4, 0.5) is 0 Å². The Labute approximate surface area is 402 Å². The van der Waals surface area contributed by atoms with Gasteiger partial charge in [-0.15, -0.1) is 0 Å². The Morgan fingerprint density at radius 3 is 1.14 bits per heavy atom. The second-order valence-corrected chi connectivity index (χ2v) is 15.7. The Morgan fingerprint density at radius 2 is 0.667 bits per heavy atom. The second-order valence-electron chi connectivity index (χ2n) is 15.7. The normalized spacial score (nSPS) is 13.6. The molecule has 0 aliphatic rings. The molecule has 0 bridgehead atoms. The SMILES string of the molecule is CC\C=C/C=C\C=C/C=C\C=C/CCCC(=O)OCC(COC(=O)CCCCCCCC/C=C\C/C=C\C/C=C\C/C=C\CC)OC(=O)CC/C=C\C/C=C\C/C=C\C/C=C\C/C=C\CC. The summed E-state index contributed by atoms with van der Waals surface area (Å²) in [5, 5.41) is 0. The van der Waals surface area contributed by atoms with E-state index >= 15 is 0 Å². The monoisotopic (exact) mass is 905 g/mol. The number of rotatable bonds is 42. The van der Waals surface area contributed by atoms with Crippen molar-refractivity contribution in [2.45, 2.75) is 175 Å². The van der Waals surface area contributed by atoms with Crippen molar-refractivity contribution in [3.63, 3.8) is 0 Å². The maximum absolute atomic E-state index is 12.8. The van der Waals surface area contributed by atoms with Crippen molar-refractivity contribution in [2.75, 3.05) is 13.2 Å². The van der Waals surface area contributed by atoms with E-state index < -0.39 is 12.1 Å². The predicted molar refractivity (Wildman–Crippen MR) is 283 cm³/mol. The maximum Gasteiger partial charge on any atom is 0.306 e. The molecule has 6 nitrogen and oxygen atoms in total. The van der Waals surface area contributed by atoms with Gasteiger partial charge in [0, 0.05) is 19.3 Å². The highest BCUT2D eigenvalue weighted by atomic mass is 16.6. The van der Waals surface area contributed by atoms with Crippen LogP contribution in [0.3, 0.4) is 0 Å². The van der Waals surface area contributed by atoms with Gasteiger partial charge in [0.25, 0.3) is 0 Å². The minimum absolute atomic E-state index is 0.147. The van der Waals surface area contributed by atoms with Gasteiger partial charge in [0.05, 0.1) is 0 Å². The number of unbranched alkanes of at least 4 members (excludes halogenated alkanes) is 7. The van der Waals surface area contributed by atoms with E-state index in [1.165, 1.54) is 12.8 Å². The third-order valence-corrected chi connectivity index (χ3v) is 9.59. The van der Waals surface area contributed by atoms with Gasteiger partial charge in [-0.05, 0) is 103 Å². The molecule has 0 aromatic carbocycles. The van der Waals surface area contributed by atoms with Gasteiger partial charge in [0.1, 0.15) is 13.2 Å². The first-order valence-corrected chi connectivity index (χ1v) is 25.2. The lowest BCUT2D eigenvalue weighted by Crippen LogP contribution is -2.30. The molecule has 364 valence electrons. The third-order valence-electron chi connectivity index (χ3n) is 9.59. The van der Waals surface area contributed by atoms with Crippen LogP contribution in [0.2, 0.25) is 0 Å². The number of carbonyl (C=O) groups excluding carboxylic acids is 3. The highest BCUT2D eigenvalue weighted by Crippen LogP contribution is 2.11. The van der Waals surface area contributed by atoms with Gasteiger partial charge in [0.2, 0.25) is 0 Å². The summed E-state index contributed by atoms with van der Waals surface area (Å²) in [4.78, 5) is 37.9. The minimum Gasteiger partial charge on any atom is -0.462 e. The van der Waals surface area contributed by atoms with Crippen molar-refractivity contribution < 1.29 is 28.6 Å². The van der Waals surface area contributed by atoms with Crippen molar-refractivity contribution in [1.82, 2.24) is 0 Å². The van der Waals surface area contributed by atoms with Crippen molar-refractivity contribution in [1.29, 1.82) is 0 Å². The smallest absolute Gasteiger partial charge is 0.306 e. The van der Waals surface area contributed by atoms with Gasteiger partial charge >= 0.3 is 17.9 Å². The molecule has 0 fully saturated rings. The lowest BCUT2D eigenvalue weighted by Gasteiger charge is -2.18. The topological polar surface area (TPSA) is 78.9 Å². The molecule has 1 unspecified atom stereocenters. The zero-order valence-electron chi connectivity index (χ0n) is 41.4. The summed E-state index contributed by atoms with van der Waals surface area (Å²) in [7, 11) is 0. The molecule has 0 aliphatic carbocycles. The lowest BCUT2D eigenvalue weighted by atomic mass is 10.1. The Bertz CT molecular complexity index is 1600. The fourth-order valence-corrected chi connectivity index (χ4v) is 5.92. The van der Waals surface area contributed by atoms with Crippen LogP contribution in [0.15, 0.2) is 170 Å². The summed E-state index contributed by atoms with van der Waals surface area (Å²) in [6, 6.07) is 0. The Morgan fingerprint density at radius 1 is 0.318 bits per heavy atom. The molecule has 0 amide bonds. The lowest BCUT2D eigenvalue weighted by molar-refractivity contribution is -0.166. The minimum atomic E-state index is -0.862. The van der Waals surface area contributed by atoms with Gasteiger partial charge in [-0.2, -0.15) is 0 Å². The van der Waals surface area contributed by atoms with Crippen LogP contribution >= 0.6 is 0 Å². The molecule has 0 aliphatic heterocycles. The first kappa shape index (κ1) is 60.8. The van der Waals surface area contributed by atoms with E-state index in [2.05, 4.69) is 124 Å². The van der Waals surface area contributed by atoms with E-state index in [9.17, 15) is 14.4 Å². The molecule has 0 aromatic heterocycles. The second kappa shape index (κ2) is 52.4. The molecule has 1 atom stereocenters. The van der Waals surface area contributed by atoms with Crippen LogP contribution < -0.4 is 0 Å². The Balaban J connectivity index is 4.64. The largest absolute Gasteiger partial charge is 0.462 e. The summed E-state index contributed by atoms with van der Waals surface area (Å²) in [5.74, 6) is -1.14. The standard InChI is InChI=1S/C60H88O6/c1-4-7-10-13-16-19-22-25-27-29-30-31-33-35-38-41-44-47-50-53-59(62)65-56-57(55-64-58(61)52-49-46-43-40-37-34-24-21-18-15-12-9-6-3)66-60(63)54-51-48-45-42-39-36-32-28-26-23-20-17-14-11-8-5-2/h7-12,15-21,24-28,30-31,34,36-37,39-40,43,45,48,57H,4-6,13-14,22-23,29,32-33,35,38,41-42,44,46-47,49-56H2,1-3H3/b10-7-,11-8-,12-9-,18-15-,19-16-,20-17-,24-21-,27-25-,28-26-,31-30-,37-34-,39-36-,43-40-,48-45-. The van der Waals surface area contributed by atoms with Crippen molar-refractivity contribution >= 4 is 17.9 Å². The average Bonchev–Trinajstić information content (AvgIpc) is 3.31. The first-order valence-electron chi connectivity index (χ1n) is 25.2. The van der Waals surface area contributed by atoms with Gasteiger partial charge in [-0.1, -0.05) is 217 Å².